The van der Waals surface area contributed by atoms with Gasteiger partial charge in [0.2, 0.25) is 5.89 Å². The Bertz CT molecular complexity index is 853. The van der Waals surface area contributed by atoms with Gasteiger partial charge in [-0.05, 0) is 43.2 Å². The average Bonchev–Trinajstić information content (AvgIpc) is 3.24. The Kier molecular flexibility index (Phi) is 7.08. The van der Waals surface area contributed by atoms with Gasteiger partial charge < -0.3 is 9.32 Å². The number of carbonyl (C=O) groups excluding carboxylic acids is 1. The van der Waals surface area contributed by atoms with Crippen LogP contribution in [0, 0.1) is 0 Å². The van der Waals surface area contributed by atoms with Crippen molar-refractivity contribution >= 4 is 5.91 Å². The van der Waals surface area contributed by atoms with Crippen LogP contribution in [0.2, 0.25) is 0 Å². The van der Waals surface area contributed by atoms with Crippen LogP contribution in [0.15, 0.2) is 34.9 Å². The highest BCUT2D eigenvalue weighted by atomic mass is 16.3. The molecule has 2 fully saturated rings. The minimum absolute atomic E-state index is 0.00973. The molecule has 2 aromatic rings. The SMILES string of the molecule is CC(C)c1ccc(CN2CCN(Cc3nc(C(=O)N4CCCCC4C)co3)CC2)cc1. The third-order valence-electron chi connectivity index (χ3n) is 6.71. The monoisotopic (exact) mass is 424 g/mol. The van der Waals surface area contributed by atoms with Gasteiger partial charge in [0, 0.05) is 45.3 Å². The number of oxazole rings is 1. The average molecular weight is 425 g/mol. The molecule has 0 spiro atoms. The molecule has 0 saturated carbocycles. The van der Waals surface area contributed by atoms with Gasteiger partial charge in [-0.1, -0.05) is 38.1 Å². The van der Waals surface area contributed by atoms with E-state index in [2.05, 4.69) is 59.8 Å². The van der Waals surface area contributed by atoms with E-state index in [0.29, 0.717) is 24.0 Å². The molecular weight excluding hydrogens is 388 g/mol. The molecule has 2 aliphatic heterocycles. The van der Waals surface area contributed by atoms with Gasteiger partial charge in [0.05, 0.1) is 6.54 Å². The lowest BCUT2D eigenvalue weighted by Gasteiger charge is -2.34. The molecule has 0 N–H and O–H groups in total. The molecule has 4 rings (SSSR count). The maximum atomic E-state index is 12.8. The first-order valence-electron chi connectivity index (χ1n) is 11.8. The second-order valence-electron chi connectivity index (χ2n) is 9.42. The topological polar surface area (TPSA) is 52.8 Å². The van der Waals surface area contributed by atoms with E-state index in [1.807, 2.05) is 4.90 Å². The van der Waals surface area contributed by atoms with Crippen LogP contribution in [0.3, 0.4) is 0 Å². The fraction of sp³-hybridized carbons (Fsp3) is 0.600. The van der Waals surface area contributed by atoms with Crippen molar-refractivity contribution in [2.24, 2.45) is 0 Å². The largest absolute Gasteiger partial charge is 0.447 e. The minimum atomic E-state index is 0.00973. The van der Waals surface area contributed by atoms with Crippen molar-refractivity contribution in [2.45, 2.75) is 65.1 Å². The van der Waals surface area contributed by atoms with E-state index in [1.165, 1.54) is 23.8 Å². The molecule has 1 aromatic heterocycles. The Labute approximate surface area is 186 Å². The summed E-state index contributed by atoms with van der Waals surface area (Å²) in [5.74, 6) is 1.23. The second-order valence-corrected chi connectivity index (χ2v) is 9.42. The Morgan fingerprint density at radius 1 is 1.03 bits per heavy atom. The van der Waals surface area contributed by atoms with Crippen molar-refractivity contribution in [3.8, 4) is 0 Å². The molecule has 1 atom stereocenters. The summed E-state index contributed by atoms with van der Waals surface area (Å²) in [4.78, 5) is 24.1. The second kappa shape index (κ2) is 9.96. The molecule has 1 unspecified atom stereocenters. The number of benzene rings is 1. The van der Waals surface area contributed by atoms with E-state index in [1.54, 1.807) is 0 Å². The molecule has 1 aromatic carbocycles. The summed E-state index contributed by atoms with van der Waals surface area (Å²) in [5.41, 5.74) is 3.22. The molecular formula is C25H36N4O2. The van der Waals surface area contributed by atoms with Crippen LogP contribution >= 0.6 is 0 Å². The fourth-order valence-electron chi connectivity index (χ4n) is 4.59. The van der Waals surface area contributed by atoms with Crippen LogP contribution in [0.5, 0.6) is 0 Å². The van der Waals surface area contributed by atoms with Gasteiger partial charge in [-0.25, -0.2) is 4.98 Å². The number of likely N-dealkylation sites (tertiary alicyclic amines) is 1. The molecule has 31 heavy (non-hydrogen) atoms. The first-order chi connectivity index (χ1) is 15.0. The summed E-state index contributed by atoms with van der Waals surface area (Å²) in [6.45, 7) is 13.1. The molecule has 1 amide bonds. The smallest absolute Gasteiger partial charge is 0.276 e. The van der Waals surface area contributed by atoms with Gasteiger partial charge in [0.25, 0.3) is 5.91 Å². The highest BCUT2D eigenvalue weighted by Crippen LogP contribution is 2.20. The summed E-state index contributed by atoms with van der Waals surface area (Å²) in [6.07, 6.45) is 4.88. The Morgan fingerprint density at radius 2 is 1.71 bits per heavy atom. The highest BCUT2D eigenvalue weighted by molar-refractivity contribution is 5.92. The van der Waals surface area contributed by atoms with Crippen LogP contribution < -0.4 is 0 Å². The van der Waals surface area contributed by atoms with Crippen molar-refractivity contribution in [1.29, 1.82) is 0 Å². The number of nitrogens with zero attached hydrogens (tertiary/aromatic N) is 4. The zero-order chi connectivity index (χ0) is 21.8. The van der Waals surface area contributed by atoms with Gasteiger partial charge in [0.1, 0.15) is 6.26 Å². The van der Waals surface area contributed by atoms with Crippen molar-refractivity contribution in [3.05, 3.63) is 53.2 Å². The Hall–Kier alpha value is -2.18. The predicted octanol–water partition coefficient (Wildman–Crippen LogP) is 4.13. The molecule has 0 aliphatic carbocycles. The molecule has 0 bridgehead atoms. The minimum Gasteiger partial charge on any atom is -0.447 e. The number of hydrogen-bond donors (Lipinski definition) is 0. The summed E-state index contributed by atoms with van der Waals surface area (Å²) in [5, 5.41) is 0. The molecule has 3 heterocycles. The van der Waals surface area contributed by atoms with E-state index >= 15 is 0 Å². The quantitative estimate of drug-likeness (QED) is 0.698. The number of aromatic nitrogens is 1. The molecule has 6 heteroatoms. The Balaban J connectivity index is 1.25. The standard InChI is InChI=1S/C25H36N4O2/c1-19(2)22-9-7-21(8-10-22)16-27-12-14-28(15-13-27)17-24-26-23(18-31-24)25(30)29-11-5-4-6-20(29)3/h7-10,18-20H,4-6,11-17H2,1-3H3. The van der Waals surface area contributed by atoms with Gasteiger partial charge in [-0.15, -0.1) is 0 Å². The van der Waals surface area contributed by atoms with Crippen molar-refractivity contribution in [2.75, 3.05) is 32.7 Å². The van der Waals surface area contributed by atoms with Gasteiger partial charge in [0.15, 0.2) is 5.69 Å². The predicted molar refractivity (Wildman–Crippen MR) is 122 cm³/mol. The summed E-state index contributed by atoms with van der Waals surface area (Å²) >= 11 is 0. The summed E-state index contributed by atoms with van der Waals surface area (Å²) < 4.78 is 5.65. The number of amides is 1. The number of piperazine rings is 1. The molecule has 2 aliphatic rings. The van der Waals surface area contributed by atoms with Crippen LogP contribution in [0.25, 0.3) is 0 Å². The lowest BCUT2D eigenvalue weighted by Crippen LogP contribution is -2.45. The van der Waals surface area contributed by atoms with Crippen LogP contribution in [0.4, 0.5) is 0 Å². The summed E-state index contributed by atoms with van der Waals surface area (Å²) in [7, 11) is 0. The fourth-order valence-corrected chi connectivity index (χ4v) is 4.59. The van der Waals surface area contributed by atoms with E-state index in [9.17, 15) is 4.79 Å². The van der Waals surface area contributed by atoms with Crippen molar-refractivity contribution in [1.82, 2.24) is 19.7 Å². The summed E-state index contributed by atoms with van der Waals surface area (Å²) in [6, 6.07) is 9.31. The zero-order valence-electron chi connectivity index (χ0n) is 19.2. The van der Waals surface area contributed by atoms with E-state index in [0.717, 1.165) is 52.1 Å². The molecule has 2 saturated heterocycles. The zero-order valence-corrected chi connectivity index (χ0v) is 19.2. The third kappa shape index (κ3) is 5.55. The lowest BCUT2D eigenvalue weighted by atomic mass is 10.0. The Morgan fingerprint density at radius 3 is 2.35 bits per heavy atom. The van der Waals surface area contributed by atoms with Crippen LogP contribution in [-0.4, -0.2) is 64.4 Å². The molecule has 6 nitrogen and oxygen atoms in total. The maximum Gasteiger partial charge on any atom is 0.276 e. The van der Waals surface area contributed by atoms with Gasteiger partial charge >= 0.3 is 0 Å². The van der Waals surface area contributed by atoms with Crippen molar-refractivity contribution in [3.63, 3.8) is 0 Å². The van der Waals surface area contributed by atoms with Crippen LogP contribution in [-0.2, 0) is 13.1 Å². The number of piperidine rings is 1. The first kappa shape index (κ1) is 22.0. The van der Waals surface area contributed by atoms with Crippen LogP contribution in [0.1, 0.15) is 73.5 Å². The van der Waals surface area contributed by atoms with Gasteiger partial charge in [-0.3, -0.25) is 14.6 Å². The normalized spacial score (nSPS) is 21.0. The third-order valence-corrected chi connectivity index (χ3v) is 6.71. The van der Waals surface area contributed by atoms with E-state index < -0.39 is 0 Å². The van der Waals surface area contributed by atoms with E-state index in [-0.39, 0.29) is 11.9 Å². The molecule has 168 valence electrons. The van der Waals surface area contributed by atoms with Gasteiger partial charge in [-0.2, -0.15) is 0 Å². The molecule has 0 radical (unpaired) electrons. The number of carbonyl (C=O) groups is 1. The first-order valence-corrected chi connectivity index (χ1v) is 11.8. The van der Waals surface area contributed by atoms with E-state index in [4.69, 9.17) is 4.42 Å². The van der Waals surface area contributed by atoms with Crippen molar-refractivity contribution < 1.29 is 9.21 Å². The number of hydrogen-bond acceptors (Lipinski definition) is 5. The lowest BCUT2D eigenvalue weighted by molar-refractivity contribution is 0.0629. The number of rotatable bonds is 6. The highest BCUT2D eigenvalue weighted by Gasteiger charge is 2.27. The maximum absolute atomic E-state index is 12.8.